The van der Waals surface area contributed by atoms with E-state index in [9.17, 15) is 9.59 Å². The van der Waals surface area contributed by atoms with Gasteiger partial charge in [0.15, 0.2) is 6.61 Å². The molecule has 0 fully saturated rings. The average Bonchev–Trinajstić information content (AvgIpc) is 2.27. The number of carbonyl (C=O) groups excluding carboxylic acids is 2. The normalized spacial score (nSPS) is 9.40. The zero-order chi connectivity index (χ0) is 11.1. The van der Waals surface area contributed by atoms with E-state index in [2.05, 4.69) is 26.0 Å². The monoisotopic (exact) mass is 271 g/mol. The van der Waals surface area contributed by atoms with E-state index in [0.717, 1.165) is 0 Å². The van der Waals surface area contributed by atoms with Crippen molar-refractivity contribution < 1.29 is 14.3 Å². The van der Waals surface area contributed by atoms with Crippen LogP contribution in [0, 0.1) is 0 Å². The summed E-state index contributed by atoms with van der Waals surface area (Å²) < 4.78 is 4.63. The topological polar surface area (TPSA) is 55.4 Å². The Bertz CT molecular complexity index is 340. The van der Waals surface area contributed by atoms with Crippen molar-refractivity contribution in [2.24, 2.45) is 0 Å². The van der Waals surface area contributed by atoms with Gasteiger partial charge in [-0.25, -0.2) is 0 Å². The van der Waals surface area contributed by atoms with E-state index in [0.29, 0.717) is 5.69 Å². The molecule has 1 rings (SSSR count). The summed E-state index contributed by atoms with van der Waals surface area (Å²) in [7, 11) is 0. The number of hydrogen-bond donors (Lipinski definition) is 1. The quantitative estimate of drug-likeness (QED) is 0.668. The van der Waals surface area contributed by atoms with Crippen LogP contribution in [-0.4, -0.2) is 23.8 Å². The van der Waals surface area contributed by atoms with Crippen LogP contribution in [0.15, 0.2) is 30.3 Å². The van der Waals surface area contributed by atoms with E-state index in [1.807, 2.05) is 6.07 Å². The van der Waals surface area contributed by atoms with Gasteiger partial charge in [0.2, 0.25) is 0 Å². The fraction of sp³-hybridized carbons (Fsp3) is 0.200. The van der Waals surface area contributed by atoms with E-state index >= 15 is 0 Å². The molecule has 1 aromatic rings. The number of amides is 1. The lowest BCUT2D eigenvalue weighted by Crippen LogP contribution is -2.21. The first-order valence-corrected chi connectivity index (χ1v) is 5.41. The summed E-state index contributed by atoms with van der Waals surface area (Å²) in [5.41, 5.74) is 0.678. The van der Waals surface area contributed by atoms with Gasteiger partial charge < -0.3 is 10.1 Å². The Labute approximate surface area is 95.7 Å². The molecule has 0 radical (unpaired) electrons. The zero-order valence-corrected chi connectivity index (χ0v) is 9.49. The number of rotatable bonds is 4. The summed E-state index contributed by atoms with van der Waals surface area (Å²) in [5.74, 6) is -0.811. The Morgan fingerprint density at radius 1 is 1.27 bits per heavy atom. The molecule has 15 heavy (non-hydrogen) atoms. The largest absolute Gasteiger partial charge is 0.455 e. The van der Waals surface area contributed by atoms with Crippen LogP contribution in [-0.2, 0) is 14.3 Å². The lowest BCUT2D eigenvalue weighted by Gasteiger charge is -2.04. The number of para-hydroxylation sites is 1. The van der Waals surface area contributed by atoms with Crippen LogP contribution in [0.5, 0.6) is 0 Å². The van der Waals surface area contributed by atoms with Crippen LogP contribution in [0.3, 0.4) is 0 Å². The fourth-order valence-electron chi connectivity index (χ4n) is 0.903. The molecule has 0 bridgehead atoms. The van der Waals surface area contributed by atoms with Gasteiger partial charge in [-0.05, 0) is 12.1 Å². The van der Waals surface area contributed by atoms with Crippen molar-refractivity contribution in [3.05, 3.63) is 30.3 Å². The van der Waals surface area contributed by atoms with Crippen molar-refractivity contribution in [2.45, 2.75) is 0 Å². The van der Waals surface area contributed by atoms with Gasteiger partial charge in [-0.3, -0.25) is 9.59 Å². The summed E-state index contributed by atoms with van der Waals surface area (Å²) in [6.45, 7) is -0.265. The molecular formula is C10H10BrNO3. The number of benzene rings is 1. The summed E-state index contributed by atoms with van der Waals surface area (Å²) in [4.78, 5) is 21.9. The average molecular weight is 272 g/mol. The summed E-state index contributed by atoms with van der Waals surface area (Å²) >= 11 is 2.93. The van der Waals surface area contributed by atoms with Crippen molar-refractivity contribution in [2.75, 3.05) is 17.3 Å². The van der Waals surface area contributed by atoms with Gasteiger partial charge in [-0.2, -0.15) is 0 Å². The predicted molar refractivity (Wildman–Crippen MR) is 59.8 cm³/mol. The van der Waals surface area contributed by atoms with Crippen LogP contribution < -0.4 is 5.32 Å². The molecule has 0 aliphatic rings. The molecule has 0 aromatic heterocycles. The highest BCUT2D eigenvalue weighted by atomic mass is 79.9. The summed E-state index contributed by atoms with van der Waals surface area (Å²) in [6, 6.07) is 8.97. The minimum absolute atomic E-state index is 0.0889. The van der Waals surface area contributed by atoms with Crippen LogP contribution in [0.25, 0.3) is 0 Å². The van der Waals surface area contributed by atoms with Gasteiger partial charge in [0.25, 0.3) is 5.91 Å². The Morgan fingerprint density at radius 3 is 2.53 bits per heavy atom. The molecular weight excluding hydrogens is 262 g/mol. The molecule has 0 saturated heterocycles. The Balaban J connectivity index is 2.34. The van der Waals surface area contributed by atoms with E-state index < -0.39 is 5.97 Å². The molecule has 5 heteroatoms. The molecule has 0 spiro atoms. The summed E-state index contributed by atoms with van der Waals surface area (Å²) in [5, 5.41) is 2.68. The maximum Gasteiger partial charge on any atom is 0.317 e. The van der Waals surface area contributed by atoms with Crippen LogP contribution in [0.4, 0.5) is 5.69 Å². The van der Waals surface area contributed by atoms with E-state index in [1.165, 1.54) is 0 Å². The fourth-order valence-corrected chi connectivity index (χ4v) is 1.07. The Hall–Kier alpha value is -1.36. The molecule has 80 valence electrons. The highest BCUT2D eigenvalue weighted by Crippen LogP contribution is 2.04. The number of carbonyl (C=O) groups is 2. The van der Waals surface area contributed by atoms with Crippen LogP contribution in [0.1, 0.15) is 0 Å². The minimum atomic E-state index is -0.460. The lowest BCUT2D eigenvalue weighted by atomic mass is 10.3. The van der Waals surface area contributed by atoms with Crippen molar-refractivity contribution in [3.8, 4) is 0 Å². The number of esters is 1. The maximum absolute atomic E-state index is 11.2. The third-order valence-corrected chi connectivity index (χ3v) is 1.99. The highest BCUT2D eigenvalue weighted by Gasteiger charge is 2.05. The van der Waals surface area contributed by atoms with E-state index in [4.69, 9.17) is 0 Å². The number of hydrogen-bond acceptors (Lipinski definition) is 3. The Kier molecular flexibility index (Phi) is 4.83. The van der Waals surface area contributed by atoms with Crippen LogP contribution >= 0.6 is 15.9 Å². The third kappa shape index (κ3) is 4.60. The molecule has 0 unspecified atom stereocenters. The first-order valence-electron chi connectivity index (χ1n) is 4.29. The van der Waals surface area contributed by atoms with E-state index in [-0.39, 0.29) is 17.8 Å². The van der Waals surface area contributed by atoms with Gasteiger partial charge >= 0.3 is 5.97 Å². The smallest absolute Gasteiger partial charge is 0.317 e. The lowest BCUT2D eigenvalue weighted by molar-refractivity contribution is -0.144. The third-order valence-electron chi connectivity index (χ3n) is 1.53. The van der Waals surface area contributed by atoms with Gasteiger partial charge in [-0.15, -0.1) is 0 Å². The van der Waals surface area contributed by atoms with Gasteiger partial charge in [0.05, 0.1) is 0 Å². The van der Waals surface area contributed by atoms with Crippen molar-refractivity contribution in [1.29, 1.82) is 0 Å². The number of alkyl halides is 1. The first kappa shape index (κ1) is 11.7. The maximum atomic E-state index is 11.2. The second-order valence-electron chi connectivity index (χ2n) is 2.71. The van der Waals surface area contributed by atoms with Gasteiger partial charge in [0.1, 0.15) is 5.33 Å². The number of ether oxygens (including phenoxy) is 1. The van der Waals surface area contributed by atoms with Gasteiger partial charge in [0, 0.05) is 5.69 Å². The number of anilines is 1. The molecule has 1 N–H and O–H groups in total. The van der Waals surface area contributed by atoms with Crippen LogP contribution in [0.2, 0.25) is 0 Å². The highest BCUT2D eigenvalue weighted by molar-refractivity contribution is 9.09. The zero-order valence-electron chi connectivity index (χ0n) is 7.90. The molecule has 0 aliphatic heterocycles. The molecule has 1 aromatic carbocycles. The second kappa shape index (κ2) is 6.19. The molecule has 1 amide bonds. The standard InChI is InChI=1S/C10H10BrNO3/c11-6-10(14)15-7-9(13)12-8-4-2-1-3-5-8/h1-5H,6-7H2,(H,12,13). The predicted octanol–water partition coefficient (Wildman–Crippen LogP) is 1.56. The number of halogens is 1. The SMILES string of the molecule is O=C(COC(=O)CBr)Nc1ccccc1. The summed E-state index contributed by atoms with van der Waals surface area (Å²) in [6.07, 6.45) is 0. The van der Waals surface area contributed by atoms with Gasteiger partial charge in [-0.1, -0.05) is 34.1 Å². The number of nitrogens with one attached hydrogen (secondary N) is 1. The molecule has 0 aliphatic carbocycles. The molecule has 0 heterocycles. The molecule has 0 saturated carbocycles. The van der Waals surface area contributed by atoms with E-state index in [1.54, 1.807) is 24.3 Å². The van der Waals surface area contributed by atoms with Crippen molar-refractivity contribution >= 4 is 33.5 Å². The Morgan fingerprint density at radius 2 is 1.93 bits per heavy atom. The van der Waals surface area contributed by atoms with Crippen molar-refractivity contribution in [1.82, 2.24) is 0 Å². The van der Waals surface area contributed by atoms with Crippen molar-refractivity contribution in [3.63, 3.8) is 0 Å². The minimum Gasteiger partial charge on any atom is -0.455 e. The second-order valence-corrected chi connectivity index (χ2v) is 3.27. The molecule has 4 nitrogen and oxygen atoms in total. The first-order chi connectivity index (χ1) is 7.22. The molecule has 0 atom stereocenters.